The Morgan fingerprint density at radius 2 is 2.06 bits per heavy atom. The normalized spacial score (nSPS) is 24.9. The van der Waals surface area contributed by atoms with E-state index in [0.29, 0.717) is 29.2 Å². The molecule has 10 heteroatoms. The maximum Gasteiger partial charge on any atom is 0.248 e. The van der Waals surface area contributed by atoms with Gasteiger partial charge in [0.1, 0.15) is 5.82 Å². The van der Waals surface area contributed by atoms with E-state index in [1.807, 2.05) is 18.2 Å². The molecule has 3 N–H and O–H groups in total. The highest BCUT2D eigenvalue weighted by atomic mass is 32.2. The second-order valence-corrected chi connectivity index (χ2v) is 10.7. The van der Waals surface area contributed by atoms with Gasteiger partial charge in [-0.2, -0.15) is 4.31 Å². The minimum Gasteiger partial charge on any atom is -0.419 e. The number of hydrogen-bond donors (Lipinski definition) is 3. The van der Waals surface area contributed by atoms with Gasteiger partial charge in [0.05, 0.1) is 18.3 Å². The molecule has 1 aliphatic carbocycles. The molecule has 0 spiro atoms. The van der Waals surface area contributed by atoms with Crippen LogP contribution < -0.4 is 10.6 Å². The van der Waals surface area contributed by atoms with Crippen molar-refractivity contribution in [2.75, 3.05) is 25.5 Å². The van der Waals surface area contributed by atoms with Crippen LogP contribution in [0.25, 0.3) is 11.5 Å². The van der Waals surface area contributed by atoms with Crippen LogP contribution in [0.1, 0.15) is 55.3 Å². The Kier molecular flexibility index (Phi) is 7.24. The monoisotopic (exact) mass is 496 g/mol. The third kappa shape index (κ3) is 5.78. The van der Waals surface area contributed by atoms with Gasteiger partial charge in [-0.1, -0.05) is 37.3 Å². The number of aromatic nitrogens is 3. The summed E-state index contributed by atoms with van der Waals surface area (Å²) >= 11 is -2.08. The van der Waals surface area contributed by atoms with Crippen LogP contribution >= 0.6 is 0 Å². The maximum absolute atomic E-state index is 11.5. The molecular formula is C25H32N6O3S. The third-order valence-electron chi connectivity index (χ3n) is 6.99. The summed E-state index contributed by atoms with van der Waals surface area (Å²) in [5, 5.41) is 15.8. The van der Waals surface area contributed by atoms with E-state index in [1.165, 1.54) is 16.3 Å². The molecule has 186 valence electrons. The van der Waals surface area contributed by atoms with Crippen molar-refractivity contribution in [2.45, 2.75) is 44.7 Å². The quantitative estimate of drug-likeness (QED) is 0.381. The fraction of sp³-hybridized carbons (Fsp3) is 0.480. The smallest absolute Gasteiger partial charge is 0.248 e. The van der Waals surface area contributed by atoms with Gasteiger partial charge < -0.3 is 15.1 Å². The number of rotatable bonds is 9. The minimum absolute atomic E-state index is 0.0504. The molecule has 5 atom stereocenters. The van der Waals surface area contributed by atoms with Crippen LogP contribution in [-0.2, 0) is 17.8 Å². The van der Waals surface area contributed by atoms with Gasteiger partial charge in [-0.25, -0.2) is 9.19 Å². The molecule has 9 nitrogen and oxygen atoms in total. The Morgan fingerprint density at radius 3 is 2.80 bits per heavy atom. The zero-order chi connectivity index (χ0) is 24.4. The highest BCUT2D eigenvalue weighted by Gasteiger charge is 2.33. The van der Waals surface area contributed by atoms with Crippen molar-refractivity contribution in [3.05, 3.63) is 59.6 Å². The van der Waals surface area contributed by atoms with Gasteiger partial charge >= 0.3 is 0 Å². The largest absolute Gasteiger partial charge is 0.419 e. The number of anilines is 1. The fourth-order valence-corrected chi connectivity index (χ4v) is 5.01. The lowest BCUT2D eigenvalue weighted by Gasteiger charge is -2.30. The summed E-state index contributed by atoms with van der Waals surface area (Å²) in [5.41, 5.74) is 2.65. The Morgan fingerprint density at radius 1 is 1.26 bits per heavy atom. The van der Waals surface area contributed by atoms with Gasteiger partial charge in [0, 0.05) is 25.1 Å². The van der Waals surface area contributed by atoms with Gasteiger partial charge in [0.25, 0.3) is 0 Å². The first kappa shape index (κ1) is 24.1. The molecule has 1 aliphatic heterocycles. The van der Waals surface area contributed by atoms with E-state index in [1.54, 1.807) is 7.05 Å². The van der Waals surface area contributed by atoms with Gasteiger partial charge in [0.2, 0.25) is 23.0 Å². The Bertz CT molecular complexity index is 1170. The molecule has 1 unspecified atom stereocenters. The van der Waals surface area contributed by atoms with Gasteiger partial charge in [0.15, 0.2) is 0 Å². The van der Waals surface area contributed by atoms with E-state index < -0.39 is 11.3 Å². The second-order valence-electron chi connectivity index (χ2n) is 9.64. The number of hydrogen-bond acceptors (Lipinski definition) is 7. The first-order valence-electron chi connectivity index (χ1n) is 12.2. The average Bonchev–Trinajstić information content (AvgIpc) is 3.36. The predicted octanol–water partition coefficient (Wildman–Crippen LogP) is 3.98. The second kappa shape index (κ2) is 10.5. The molecule has 35 heavy (non-hydrogen) atoms. The molecule has 3 aromatic rings. The van der Waals surface area contributed by atoms with Crippen LogP contribution in [0, 0.1) is 11.8 Å². The van der Waals surface area contributed by atoms with E-state index in [9.17, 15) is 8.76 Å². The fourth-order valence-electron chi connectivity index (χ4n) is 4.77. The molecule has 1 aromatic carbocycles. The lowest BCUT2D eigenvalue weighted by molar-refractivity contribution is 0.303. The third-order valence-corrected chi connectivity index (χ3v) is 7.65. The molecule has 1 saturated heterocycles. The van der Waals surface area contributed by atoms with Crippen molar-refractivity contribution in [1.82, 2.24) is 24.8 Å². The highest BCUT2D eigenvalue weighted by Crippen LogP contribution is 2.39. The van der Waals surface area contributed by atoms with Crippen molar-refractivity contribution in [2.24, 2.45) is 11.8 Å². The number of benzene rings is 1. The van der Waals surface area contributed by atoms with Crippen molar-refractivity contribution in [3.8, 4) is 11.5 Å². The summed E-state index contributed by atoms with van der Waals surface area (Å²) in [6.07, 6.45) is 3.37. The SMILES string of the molecule is C[C@@H]1C[C@H]1CNc1cc(-c2nnc([C@H]3NCCC[C@H]3c3ccccc3)o2)cc(CN(C)S(=O)O)n1. The van der Waals surface area contributed by atoms with Crippen molar-refractivity contribution < 1.29 is 13.2 Å². The van der Waals surface area contributed by atoms with Gasteiger partial charge in [-0.3, -0.25) is 4.55 Å². The zero-order valence-corrected chi connectivity index (χ0v) is 20.9. The van der Waals surface area contributed by atoms with E-state index in [0.717, 1.165) is 37.4 Å². The first-order valence-corrected chi connectivity index (χ1v) is 13.2. The first-order chi connectivity index (χ1) is 17.0. The summed E-state index contributed by atoms with van der Waals surface area (Å²) in [6, 6.07) is 14.2. The number of pyridine rings is 1. The molecule has 0 amide bonds. The van der Waals surface area contributed by atoms with Crippen LogP contribution in [-0.4, -0.2) is 48.4 Å². The van der Waals surface area contributed by atoms with Gasteiger partial charge in [-0.05, 0) is 55.3 Å². The van der Waals surface area contributed by atoms with Crippen LogP contribution in [0.2, 0.25) is 0 Å². The highest BCUT2D eigenvalue weighted by molar-refractivity contribution is 7.76. The summed E-state index contributed by atoms with van der Waals surface area (Å²) in [4.78, 5) is 4.65. The average molecular weight is 497 g/mol. The molecule has 0 radical (unpaired) electrons. The molecule has 1 saturated carbocycles. The molecular weight excluding hydrogens is 464 g/mol. The molecule has 2 aromatic heterocycles. The van der Waals surface area contributed by atoms with E-state index in [-0.39, 0.29) is 18.5 Å². The Hall–Kier alpha value is -2.66. The van der Waals surface area contributed by atoms with Crippen LogP contribution in [0.4, 0.5) is 5.82 Å². The van der Waals surface area contributed by atoms with Crippen molar-refractivity contribution in [1.29, 1.82) is 0 Å². The van der Waals surface area contributed by atoms with Crippen LogP contribution in [0.15, 0.2) is 46.9 Å². The summed E-state index contributed by atoms with van der Waals surface area (Å²) < 4.78 is 28.4. The molecule has 2 aliphatic rings. The van der Waals surface area contributed by atoms with E-state index in [2.05, 4.69) is 57.0 Å². The Labute approximate surface area is 208 Å². The summed E-state index contributed by atoms with van der Waals surface area (Å²) in [7, 11) is 1.58. The molecule has 3 heterocycles. The van der Waals surface area contributed by atoms with E-state index in [4.69, 9.17) is 4.42 Å². The minimum atomic E-state index is -2.08. The predicted molar refractivity (Wildman–Crippen MR) is 135 cm³/mol. The maximum atomic E-state index is 11.5. The van der Waals surface area contributed by atoms with Crippen molar-refractivity contribution in [3.63, 3.8) is 0 Å². The molecule has 0 bridgehead atoms. The number of nitrogens with zero attached hydrogens (tertiary/aromatic N) is 4. The lowest BCUT2D eigenvalue weighted by Crippen LogP contribution is -2.33. The summed E-state index contributed by atoms with van der Waals surface area (Å²) in [6.45, 7) is 4.21. The standard InChI is InChI=1S/C25H32N6O3S/c1-16-11-19(16)14-27-22-13-18(12-20(28-22)15-31(2)35(32)33)24-29-30-25(34-24)23-21(9-6-10-26-23)17-7-4-3-5-8-17/h3-5,7-8,12-13,16,19,21,23,26H,6,9-11,14-15H2,1-2H3,(H,27,28)(H,32,33)/t16-,19+,21+,23+/m1/s1. The van der Waals surface area contributed by atoms with Crippen LogP contribution in [0.3, 0.4) is 0 Å². The number of piperidine rings is 1. The zero-order valence-electron chi connectivity index (χ0n) is 20.1. The van der Waals surface area contributed by atoms with Gasteiger partial charge in [-0.15, -0.1) is 10.2 Å². The van der Waals surface area contributed by atoms with E-state index >= 15 is 0 Å². The van der Waals surface area contributed by atoms with Crippen LogP contribution in [0.5, 0.6) is 0 Å². The molecule has 2 fully saturated rings. The number of nitrogens with one attached hydrogen (secondary N) is 2. The molecule has 5 rings (SSSR count). The summed E-state index contributed by atoms with van der Waals surface area (Å²) in [5.74, 6) is 3.33. The Balaban J connectivity index is 1.41. The lowest BCUT2D eigenvalue weighted by atomic mass is 9.85. The topological polar surface area (TPSA) is 116 Å². The van der Waals surface area contributed by atoms with Crippen molar-refractivity contribution >= 4 is 17.1 Å².